The van der Waals surface area contributed by atoms with Crippen molar-refractivity contribution in [2.45, 2.75) is 43.2 Å². The fourth-order valence-electron chi connectivity index (χ4n) is 3.13. The molecule has 0 fully saturated rings. The van der Waals surface area contributed by atoms with Gasteiger partial charge in [0.15, 0.2) is 0 Å². The van der Waals surface area contributed by atoms with Crippen LogP contribution in [0.15, 0.2) is 71.6 Å². The predicted molar refractivity (Wildman–Crippen MR) is 101 cm³/mol. The predicted octanol–water partition coefficient (Wildman–Crippen LogP) is 5.59. The van der Waals surface area contributed by atoms with Gasteiger partial charge in [-0.3, -0.25) is 5.32 Å². The molecule has 2 aromatic rings. The molecule has 2 unspecified atom stereocenters. The van der Waals surface area contributed by atoms with E-state index < -0.39 is 0 Å². The molecule has 0 saturated heterocycles. The van der Waals surface area contributed by atoms with E-state index in [9.17, 15) is 0 Å². The fraction of sp³-hybridized carbons (Fsp3) is 0.333. The van der Waals surface area contributed by atoms with Crippen molar-refractivity contribution in [1.29, 1.82) is 0 Å². The molecule has 0 aromatic heterocycles. The van der Waals surface area contributed by atoms with Crippen molar-refractivity contribution in [1.82, 2.24) is 5.32 Å². The highest BCUT2D eigenvalue weighted by Gasteiger charge is 2.33. The van der Waals surface area contributed by atoms with E-state index in [2.05, 4.69) is 85.9 Å². The lowest BCUT2D eigenvalue weighted by molar-refractivity contribution is 0.398. The summed E-state index contributed by atoms with van der Waals surface area (Å²) in [5.74, 6) is 1.07. The van der Waals surface area contributed by atoms with Crippen LogP contribution in [0.2, 0.25) is 0 Å². The number of fused-ring (bicyclic) bond motifs is 1. The van der Waals surface area contributed by atoms with Gasteiger partial charge in [-0.1, -0.05) is 74.5 Å². The van der Waals surface area contributed by atoms with Crippen LogP contribution in [0.5, 0.6) is 0 Å². The molecule has 2 heteroatoms. The standard InChI is InChI=1S/C21H25NS/c1-3-5-15-21(4-2)16-23-19-14-10-9-13-18(19)20(22-21)17-11-7-6-8-12-17/h5-15,20,22H,3-4,16H2,1-2H3. The Hall–Kier alpha value is -1.51. The maximum Gasteiger partial charge on any atom is 0.0594 e. The third-order valence-electron chi connectivity index (χ3n) is 4.58. The summed E-state index contributed by atoms with van der Waals surface area (Å²) >= 11 is 1.98. The van der Waals surface area contributed by atoms with Gasteiger partial charge in [0, 0.05) is 16.2 Å². The van der Waals surface area contributed by atoms with E-state index in [4.69, 9.17) is 0 Å². The normalized spacial score (nSPS) is 24.3. The summed E-state index contributed by atoms with van der Waals surface area (Å²) in [6.07, 6.45) is 6.86. The van der Waals surface area contributed by atoms with Crippen molar-refractivity contribution in [2.75, 3.05) is 5.75 Å². The number of hydrogen-bond acceptors (Lipinski definition) is 2. The van der Waals surface area contributed by atoms with E-state index in [-0.39, 0.29) is 11.6 Å². The van der Waals surface area contributed by atoms with Crippen LogP contribution in [0.1, 0.15) is 43.9 Å². The van der Waals surface area contributed by atoms with Gasteiger partial charge in [0.1, 0.15) is 0 Å². The Labute approximate surface area is 144 Å². The monoisotopic (exact) mass is 323 g/mol. The Morgan fingerprint density at radius 1 is 1.09 bits per heavy atom. The molecule has 120 valence electrons. The molecule has 2 aromatic carbocycles. The van der Waals surface area contributed by atoms with Gasteiger partial charge in [0.2, 0.25) is 0 Å². The number of hydrogen-bond donors (Lipinski definition) is 1. The average Bonchev–Trinajstić information content (AvgIpc) is 2.79. The van der Waals surface area contributed by atoms with Gasteiger partial charge < -0.3 is 0 Å². The smallest absolute Gasteiger partial charge is 0.0594 e. The van der Waals surface area contributed by atoms with Crippen LogP contribution in [0.3, 0.4) is 0 Å². The van der Waals surface area contributed by atoms with Crippen molar-refractivity contribution in [3.63, 3.8) is 0 Å². The van der Waals surface area contributed by atoms with Crippen LogP contribution < -0.4 is 5.32 Å². The highest BCUT2D eigenvalue weighted by Crippen LogP contribution is 2.39. The third kappa shape index (κ3) is 3.54. The summed E-state index contributed by atoms with van der Waals surface area (Å²) in [5.41, 5.74) is 2.77. The summed E-state index contributed by atoms with van der Waals surface area (Å²) < 4.78 is 0. The van der Waals surface area contributed by atoms with Crippen molar-refractivity contribution in [3.05, 3.63) is 77.9 Å². The summed E-state index contributed by atoms with van der Waals surface area (Å²) in [6, 6.07) is 19.9. The minimum atomic E-state index is 0.0419. The molecular formula is C21H25NS. The summed E-state index contributed by atoms with van der Waals surface area (Å²) in [4.78, 5) is 1.40. The van der Waals surface area contributed by atoms with Crippen LogP contribution in [0, 0.1) is 0 Å². The van der Waals surface area contributed by atoms with Crippen molar-refractivity contribution >= 4 is 11.8 Å². The quantitative estimate of drug-likeness (QED) is 0.736. The zero-order valence-electron chi connectivity index (χ0n) is 14.0. The SMILES string of the molecule is CCC=CC1(CC)CSc2ccccc2C(c2ccccc2)N1. The maximum absolute atomic E-state index is 3.98. The van der Waals surface area contributed by atoms with E-state index >= 15 is 0 Å². The maximum atomic E-state index is 3.98. The molecule has 1 heterocycles. The van der Waals surface area contributed by atoms with Crippen molar-refractivity contribution in [3.8, 4) is 0 Å². The van der Waals surface area contributed by atoms with E-state index in [0.717, 1.165) is 18.6 Å². The second-order valence-corrected chi connectivity index (χ2v) is 7.15. The first-order valence-electron chi connectivity index (χ1n) is 8.50. The van der Waals surface area contributed by atoms with Crippen LogP contribution in [-0.2, 0) is 0 Å². The molecular weight excluding hydrogens is 298 g/mol. The van der Waals surface area contributed by atoms with Gasteiger partial charge in [-0.2, -0.15) is 0 Å². The van der Waals surface area contributed by atoms with E-state index in [0.29, 0.717) is 0 Å². The first-order valence-corrected chi connectivity index (χ1v) is 9.48. The van der Waals surface area contributed by atoms with Crippen molar-refractivity contribution in [2.24, 2.45) is 0 Å². The van der Waals surface area contributed by atoms with E-state index in [1.807, 2.05) is 11.8 Å². The number of thioether (sulfide) groups is 1. The number of benzene rings is 2. The molecule has 0 amide bonds. The minimum Gasteiger partial charge on any atom is -0.296 e. The second kappa shape index (κ2) is 7.37. The summed E-state index contributed by atoms with van der Waals surface area (Å²) in [5, 5.41) is 3.98. The molecule has 23 heavy (non-hydrogen) atoms. The average molecular weight is 324 g/mol. The highest BCUT2D eigenvalue weighted by molar-refractivity contribution is 7.99. The molecule has 2 atom stereocenters. The lowest BCUT2D eigenvalue weighted by Crippen LogP contribution is -2.46. The fourth-order valence-corrected chi connectivity index (χ4v) is 4.46. The first-order chi connectivity index (χ1) is 11.3. The molecule has 1 aliphatic rings. The summed E-state index contributed by atoms with van der Waals surface area (Å²) in [7, 11) is 0. The molecule has 0 bridgehead atoms. The molecule has 0 radical (unpaired) electrons. The third-order valence-corrected chi connectivity index (χ3v) is 5.93. The van der Waals surface area contributed by atoms with Gasteiger partial charge in [-0.25, -0.2) is 0 Å². The molecule has 0 spiro atoms. The Morgan fingerprint density at radius 3 is 2.57 bits per heavy atom. The molecule has 1 N–H and O–H groups in total. The highest BCUT2D eigenvalue weighted by atomic mass is 32.2. The second-order valence-electron chi connectivity index (χ2n) is 6.13. The van der Waals surface area contributed by atoms with Crippen LogP contribution in [0.25, 0.3) is 0 Å². The van der Waals surface area contributed by atoms with Crippen LogP contribution in [0.4, 0.5) is 0 Å². The minimum absolute atomic E-state index is 0.0419. The van der Waals surface area contributed by atoms with Crippen molar-refractivity contribution < 1.29 is 0 Å². The zero-order valence-corrected chi connectivity index (χ0v) is 14.8. The Balaban J connectivity index is 2.06. The Kier molecular flexibility index (Phi) is 5.24. The first kappa shape index (κ1) is 16.4. The number of nitrogens with one attached hydrogen (secondary N) is 1. The largest absolute Gasteiger partial charge is 0.296 e. The van der Waals surface area contributed by atoms with E-state index in [1.54, 1.807) is 0 Å². The molecule has 1 aliphatic heterocycles. The number of allylic oxidation sites excluding steroid dienone is 1. The van der Waals surface area contributed by atoms with Gasteiger partial charge >= 0.3 is 0 Å². The summed E-state index contributed by atoms with van der Waals surface area (Å²) in [6.45, 7) is 4.48. The van der Waals surface area contributed by atoms with Gasteiger partial charge in [-0.05, 0) is 30.0 Å². The Bertz CT molecular complexity index is 665. The van der Waals surface area contributed by atoms with Gasteiger partial charge in [0.05, 0.1) is 6.04 Å². The zero-order chi connectivity index (χ0) is 16.1. The van der Waals surface area contributed by atoms with Gasteiger partial charge in [-0.15, -0.1) is 11.8 Å². The molecule has 0 saturated carbocycles. The number of rotatable bonds is 4. The van der Waals surface area contributed by atoms with Gasteiger partial charge in [0.25, 0.3) is 0 Å². The van der Waals surface area contributed by atoms with Crippen LogP contribution >= 0.6 is 11.8 Å². The molecule has 1 nitrogen and oxygen atoms in total. The molecule has 3 rings (SSSR count). The lowest BCUT2D eigenvalue weighted by atomic mass is 9.91. The lowest BCUT2D eigenvalue weighted by Gasteiger charge is -2.33. The Morgan fingerprint density at radius 2 is 1.83 bits per heavy atom. The van der Waals surface area contributed by atoms with Crippen LogP contribution in [-0.4, -0.2) is 11.3 Å². The topological polar surface area (TPSA) is 12.0 Å². The molecule has 0 aliphatic carbocycles. The van der Waals surface area contributed by atoms with E-state index in [1.165, 1.54) is 16.0 Å².